The van der Waals surface area contributed by atoms with Crippen molar-refractivity contribution < 1.29 is 22.0 Å². The van der Waals surface area contributed by atoms with E-state index in [-0.39, 0.29) is 24.1 Å². The van der Waals surface area contributed by atoms with E-state index in [1.807, 2.05) is 33.8 Å². The fraction of sp³-hybridized carbons (Fsp3) is 0.526. The van der Waals surface area contributed by atoms with Gasteiger partial charge in [-0.05, 0) is 62.8 Å². The monoisotopic (exact) mass is 458 g/mol. The molecule has 0 radical (unpaired) electrons. The number of piperidine rings is 1. The zero-order valence-electron chi connectivity index (χ0n) is 17.2. The number of hydrogen-bond donors (Lipinski definition) is 1. The van der Waals surface area contributed by atoms with Gasteiger partial charge in [0.25, 0.3) is 6.43 Å². The highest BCUT2D eigenvalue weighted by molar-refractivity contribution is 7.89. The first-order valence-electron chi connectivity index (χ1n) is 9.52. The highest BCUT2D eigenvalue weighted by Gasteiger charge is 2.34. The van der Waals surface area contributed by atoms with Crippen LogP contribution in [0.15, 0.2) is 11.0 Å². The molecular weight excluding hydrogens is 434 g/mol. The molecule has 30 heavy (non-hydrogen) atoms. The van der Waals surface area contributed by atoms with Crippen LogP contribution in [0, 0.1) is 33.6 Å². The number of rotatable bonds is 5. The summed E-state index contributed by atoms with van der Waals surface area (Å²) in [6, 6.07) is 1.98. The van der Waals surface area contributed by atoms with Crippen molar-refractivity contribution >= 4 is 32.4 Å². The van der Waals surface area contributed by atoms with Crippen LogP contribution in [0.5, 0.6) is 0 Å². The topological polar surface area (TPSA) is 92.3 Å². The first-order chi connectivity index (χ1) is 14.0. The summed E-state index contributed by atoms with van der Waals surface area (Å²) < 4.78 is 53.2. The molecule has 11 heteroatoms. The largest absolute Gasteiger partial charge is 0.300 e. The molecule has 7 nitrogen and oxygen atoms in total. The van der Waals surface area contributed by atoms with Crippen molar-refractivity contribution in [2.75, 3.05) is 18.4 Å². The van der Waals surface area contributed by atoms with Crippen molar-refractivity contribution in [3.05, 3.63) is 33.3 Å². The summed E-state index contributed by atoms with van der Waals surface area (Å²) >= 11 is 0.631. The van der Waals surface area contributed by atoms with Crippen LogP contribution in [0.25, 0.3) is 0 Å². The zero-order chi connectivity index (χ0) is 22.2. The smallest absolute Gasteiger partial charge is 0.291 e. The van der Waals surface area contributed by atoms with Gasteiger partial charge in [0.1, 0.15) is 0 Å². The first-order valence-corrected chi connectivity index (χ1v) is 11.8. The Balaban J connectivity index is 1.70. The van der Waals surface area contributed by atoms with E-state index >= 15 is 0 Å². The third-order valence-electron chi connectivity index (χ3n) is 5.58. The van der Waals surface area contributed by atoms with E-state index in [9.17, 15) is 22.0 Å². The molecule has 1 aliphatic rings. The maximum Gasteiger partial charge on any atom is 0.291 e. The number of carbonyl (C=O) groups is 1. The van der Waals surface area contributed by atoms with Crippen LogP contribution in [0.2, 0.25) is 0 Å². The van der Waals surface area contributed by atoms with E-state index in [1.165, 1.54) is 4.31 Å². The number of nitrogens with zero attached hydrogens (tertiary/aromatic N) is 3. The normalized spacial score (nSPS) is 16.2. The Kier molecular flexibility index (Phi) is 6.54. The van der Waals surface area contributed by atoms with Gasteiger partial charge in [0.15, 0.2) is 5.01 Å². The van der Waals surface area contributed by atoms with E-state index in [4.69, 9.17) is 0 Å². The molecule has 1 fully saturated rings. The third-order valence-corrected chi connectivity index (χ3v) is 8.60. The highest BCUT2D eigenvalue weighted by atomic mass is 32.2. The van der Waals surface area contributed by atoms with Crippen molar-refractivity contribution in [2.24, 2.45) is 5.92 Å². The van der Waals surface area contributed by atoms with Crippen LogP contribution in [-0.4, -0.2) is 41.9 Å². The van der Waals surface area contributed by atoms with Gasteiger partial charge >= 0.3 is 0 Å². The number of nitrogens with one attached hydrogen (secondary N) is 1. The summed E-state index contributed by atoms with van der Waals surface area (Å²) in [5.41, 5.74) is 3.32. The molecule has 2 heterocycles. The molecular formula is C19H24F2N4O3S2. The SMILES string of the molecule is Cc1cc(C)c(C)c(S(=O)(=O)N2CCC(C(=O)Nc3nnc(C(F)F)s3)CC2)c1C. The zero-order valence-corrected chi connectivity index (χ0v) is 18.8. The summed E-state index contributed by atoms with van der Waals surface area (Å²) in [5.74, 6) is -0.778. The number of carbonyl (C=O) groups excluding carboxylic acids is 1. The van der Waals surface area contributed by atoms with Gasteiger partial charge in [-0.25, -0.2) is 17.2 Å². The maximum absolute atomic E-state index is 13.3. The number of amides is 1. The maximum atomic E-state index is 13.3. The van der Waals surface area contributed by atoms with Crippen LogP contribution in [0.3, 0.4) is 0 Å². The number of halogens is 2. The molecule has 0 saturated carbocycles. The quantitative estimate of drug-likeness (QED) is 0.737. The number of hydrogen-bond acceptors (Lipinski definition) is 6. The van der Waals surface area contributed by atoms with Gasteiger partial charge in [-0.15, -0.1) is 10.2 Å². The van der Waals surface area contributed by atoms with Gasteiger partial charge < -0.3 is 5.32 Å². The summed E-state index contributed by atoms with van der Waals surface area (Å²) in [7, 11) is -3.68. The number of alkyl halides is 2. The van der Waals surface area contributed by atoms with Gasteiger partial charge in [-0.1, -0.05) is 17.4 Å². The predicted octanol–water partition coefficient (Wildman–Crippen LogP) is 3.75. The van der Waals surface area contributed by atoms with Crippen molar-refractivity contribution in [1.29, 1.82) is 0 Å². The lowest BCUT2D eigenvalue weighted by atomic mass is 9.97. The first kappa shape index (κ1) is 22.7. The van der Waals surface area contributed by atoms with Crippen molar-refractivity contribution in [3.8, 4) is 0 Å². The summed E-state index contributed by atoms with van der Waals surface area (Å²) in [6.45, 7) is 7.83. The minimum Gasteiger partial charge on any atom is -0.300 e. The lowest BCUT2D eigenvalue weighted by Crippen LogP contribution is -2.41. The Bertz CT molecular complexity index is 1040. The summed E-state index contributed by atoms with van der Waals surface area (Å²) in [4.78, 5) is 12.8. The van der Waals surface area contributed by atoms with E-state index in [2.05, 4.69) is 15.5 Å². The fourth-order valence-corrected chi connectivity index (χ4v) is 6.28. The van der Waals surface area contributed by atoms with E-state index < -0.39 is 27.4 Å². The number of aryl methyl sites for hydroxylation is 2. The molecule has 1 N–H and O–H groups in total. The van der Waals surface area contributed by atoms with Crippen LogP contribution < -0.4 is 5.32 Å². The number of sulfonamides is 1. The minimum absolute atomic E-state index is 0.0202. The Hall–Kier alpha value is -1.98. The standard InChI is InChI=1S/C19H24F2N4O3S2/c1-10-9-11(2)13(4)15(12(10)3)30(27,28)25-7-5-14(6-8-25)17(26)22-19-24-23-18(29-19)16(20)21/h9,14,16H,5-8H2,1-4H3,(H,22,24,26). The summed E-state index contributed by atoms with van der Waals surface area (Å²) in [6.07, 6.45) is -2.05. The van der Waals surface area contributed by atoms with Gasteiger partial charge in [-0.3, -0.25) is 4.79 Å². The van der Waals surface area contributed by atoms with Crippen LogP contribution in [0.1, 0.15) is 46.5 Å². The predicted molar refractivity (Wildman–Crippen MR) is 110 cm³/mol. The second-order valence-electron chi connectivity index (χ2n) is 7.50. The second-order valence-corrected chi connectivity index (χ2v) is 10.4. The Morgan fingerprint density at radius 1 is 1.13 bits per heavy atom. The molecule has 3 rings (SSSR count). The lowest BCUT2D eigenvalue weighted by Gasteiger charge is -2.31. The molecule has 0 bridgehead atoms. The van der Waals surface area contributed by atoms with E-state index in [0.29, 0.717) is 29.1 Å². The molecule has 0 spiro atoms. The van der Waals surface area contributed by atoms with Crippen molar-refractivity contribution in [2.45, 2.75) is 51.9 Å². The van der Waals surface area contributed by atoms with E-state index in [1.54, 1.807) is 0 Å². The molecule has 164 valence electrons. The fourth-order valence-electron chi connectivity index (χ4n) is 3.64. The average molecular weight is 459 g/mol. The molecule has 1 saturated heterocycles. The molecule has 0 atom stereocenters. The Morgan fingerprint density at radius 3 is 2.20 bits per heavy atom. The number of benzene rings is 1. The Labute approximate surface area is 178 Å². The minimum atomic E-state index is -3.68. The van der Waals surface area contributed by atoms with Crippen molar-refractivity contribution in [3.63, 3.8) is 0 Å². The van der Waals surface area contributed by atoms with Gasteiger partial charge in [0.2, 0.25) is 21.1 Å². The molecule has 1 aromatic heterocycles. The second kappa shape index (κ2) is 8.64. The number of anilines is 1. The molecule has 1 amide bonds. The van der Waals surface area contributed by atoms with Crippen LogP contribution >= 0.6 is 11.3 Å². The van der Waals surface area contributed by atoms with Crippen molar-refractivity contribution in [1.82, 2.24) is 14.5 Å². The average Bonchev–Trinajstić information content (AvgIpc) is 3.15. The van der Waals surface area contributed by atoms with Crippen LogP contribution in [0.4, 0.5) is 13.9 Å². The highest BCUT2D eigenvalue weighted by Crippen LogP contribution is 2.32. The van der Waals surface area contributed by atoms with Gasteiger partial charge in [0, 0.05) is 19.0 Å². The van der Waals surface area contributed by atoms with Crippen LogP contribution in [-0.2, 0) is 14.8 Å². The molecule has 1 aromatic carbocycles. The lowest BCUT2D eigenvalue weighted by molar-refractivity contribution is -0.120. The number of aromatic nitrogens is 2. The molecule has 0 unspecified atom stereocenters. The summed E-state index contributed by atoms with van der Waals surface area (Å²) in [5, 5.41) is 8.97. The van der Waals surface area contributed by atoms with Gasteiger partial charge in [-0.2, -0.15) is 4.31 Å². The molecule has 0 aliphatic carbocycles. The molecule has 1 aliphatic heterocycles. The van der Waals surface area contributed by atoms with Gasteiger partial charge in [0.05, 0.1) is 4.90 Å². The van der Waals surface area contributed by atoms with E-state index in [0.717, 1.165) is 22.3 Å². The third kappa shape index (κ3) is 4.37. The Morgan fingerprint density at radius 2 is 1.70 bits per heavy atom. The molecule has 2 aromatic rings.